The van der Waals surface area contributed by atoms with Crippen LogP contribution in [-0.4, -0.2) is 19.6 Å². The number of hydrogen-bond acceptors (Lipinski definition) is 3. The van der Waals surface area contributed by atoms with Crippen LogP contribution in [0.5, 0.6) is 0 Å². The average molecular weight is 364 g/mol. The fraction of sp³-hybridized carbons (Fsp3) is 0.417. The molecule has 144 valence electrons. The fourth-order valence-corrected chi connectivity index (χ4v) is 4.13. The molecule has 0 fully saturated rings. The second kappa shape index (κ2) is 8.62. The van der Waals surface area contributed by atoms with Crippen LogP contribution >= 0.6 is 0 Å². The predicted molar refractivity (Wildman–Crippen MR) is 116 cm³/mol. The number of likely N-dealkylation sites (N-methyl/N-ethyl adjacent to an activating group) is 1. The summed E-state index contributed by atoms with van der Waals surface area (Å²) in [6.07, 6.45) is 3.13. The van der Waals surface area contributed by atoms with E-state index < -0.39 is 0 Å². The lowest BCUT2D eigenvalue weighted by Crippen LogP contribution is -2.44. The van der Waals surface area contributed by atoms with Crippen molar-refractivity contribution in [2.75, 3.05) is 18.5 Å². The van der Waals surface area contributed by atoms with Crippen LogP contribution in [0.3, 0.4) is 0 Å². The molecule has 1 atom stereocenters. The van der Waals surface area contributed by atoms with E-state index in [4.69, 9.17) is 5.73 Å². The molecule has 3 N–H and O–H groups in total. The summed E-state index contributed by atoms with van der Waals surface area (Å²) in [6.45, 7) is 10.4. The van der Waals surface area contributed by atoms with Gasteiger partial charge in [0.05, 0.1) is 6.04 Å². The Kier molecular flexibility index (Phi) is 6.22. The minimum Gasteiger partial charge on any atom is -0.387 e. The molecule has 0 saturated carbocycles. The van der Waals surface area contributed by atoms with Crippen LogP contribution in [0.2, 0.25) is 0 Å². The van der Waals surface area contributed by atoms with E-state index in [1.165, 1.54) is 27.9 Å². The smallest absolute Gasteiger partial charge is 0.0701 e. The number of benzene rings is 2. The normalized spacial score (nSPS) is 17.3. The Labute approximate surface area is 164 Å². The predicted octanol–water partition coefficient (Wildman–Crippen LogP) is 4.05. The number of anilines is 1. The number of rotatable bonds is 5. The maximum absolute atomic E-state index is 5.69. The van der Waals surface area contributed by atoms with Gasteiger partial charge >= 0.3 is 0 Å². The summed E-state index contributed by atoms with van der Waals surface area (Å²) in [5.41, 5.74) is 13.5. The maximum Gasteiger partial charge on any atom is 0.0701 e. The van der Waals surface area contributed by atoms with E-state index in [0.29, 0.717) is 18.5 Å². The van der Waals surface area contributed by atoms with E-state index in [1.54, 1.807) is 0 Å². The molecule has 0 amide bonds. The van der Waals surface area contributed by atoms with Crippen LogP contribution in [0.15, 0.2) is 54.7 Å². The second-order valence-corrected chi connectivity index (χ2v) is 7.99. The SMILES string of the molecule is C=C1NCCc2ccc(CCc3ccc(CN)cc3)cc2N(C)C1C(C)C. The Morgan fingerprint density at radius 2 is 1.70 bits per heavy atom. The van der Waals surface area contributed by atoms with E-state index >= 15 is 0 Å². The minimum atomic E-state index is 0.308. The largest absolute Gasteiger partial charge is 0.387 e. The molecular weight excluding hydrogens is 330 g/mol. The zero-order valence-electron chi connectivity index (χ0n) is 17.0. The maximum atomic E-state index is 5.69. The highest BCUT2D eigenvalue weighted by Crippen LogP contribution is 2.30. The van der Waals surface area contributed by atoms with Crippen LogP contribution in [0.1, 0.15) is 36.1 Å². The molecule has 0 spiro atoms. The first kappa shape index (κ1) is 19.5. The summed E-state index contributed by atoms with van der Waals surface area (Å²) in [7, 11) is 2.21. The first-order valence-corrected chi connectivity index (χ1v) is 10.0. The molecule has 0 aliphatic carbocycles. The molecule has 3 heteroatoms. The molecule has 0 bridgehead atoms. The van der Waals surface area contributed by atoms with Crippen LogP contribution in [0, 0.1) is 5.92 Å². The van der Waals surface area contributed by atoms with Crippen LogP contribution in [-0.2, 0) is 25.8 Å². The number of nitrogens with zero attached hydrogens (tertiary/aromatic N) is 1. The van der Waals surface area contributed by atoms with Gasteiger partial charge in [-0.1, -0.05) is 56.8 Å². The third-order valence-electron chi connectivity index (χ3n) is 5.64. The Balaban J connectivity index is 1.80. The number of nitrogens with one attached hydrogen (secondary N) is 1. The summed E-state index contributed by atoms with van der Waals surface area (Å²) in [6, 6.07) is 16.0. The monoisotopic (exact) mass is 363 g/mol. The second-order valence-electron chi connectivity index (χ2n) is 7.99. The van der Waals surface area contributed by atoms with Gasteiger partial charge in [0.25, 0.3) is 0 Å². The van der Waals surface area contributed by atoms with Crippen molar-refractivity contribution in [2.45, 2.75) is 45.7 Å². The fourth-order valence-electron chi connectivity index (χ4n) is 4.13. The molecule has 3 rings (SSSR count). The quantitative estimate of drug-likeness (QED) is 0.842. The van der Waals surface area contributed by atoms with Crippen molar-refractivity contribution < 1.29 is 0 Å². The summed E-state index contributed by atoms with van der Waals surface area (Å²) in [4.78, 5) is 2.41. The summed E-state index contributed by atoms with van der Waals surface area (Å²) in [5.74, 6) is 0.505. The zero-order valence-corrected chi connectivity index (χ0v) is 17.0. The van der Waals surface area contributed by atoms with Gasteiger partial charge in [0.15, 0.2) is 0 Å². The zero-order chi connectivity index (χ0) is 19.4. The average Bonchev–Trinajstić information content (AvgIpc) is 2.66. The Bertz CT molecular complexity index is 777. The highest BCUT2D eigenvalue weighted by Gasteiger charge is 2.25. The molecule has 1 aliphatic rings. The van der Waals surface area contributed by atoms with Crippen molar-refractivity contribution in [1.29, 1.82) is 0 Å². The number of nitrogens with two attached hydrogens (primary N) is 1. The van der Waals surface area contributed by atoms with Gasteiger partial charge in [-0.2, -0.15) is 0 Å². The van der Waals surface area contributed by atoms with Crippen molar-refractivity contribution in [3.63, 3.8) is 0 Å². The van der Waals surface area contributed by atoms with Crippen LogP contribution in [0.4, 0.5) is 5.69 Å². The van der Waals surface area contributed by atoms with Crippen molar-refractivity contribution in [3.8, 4) is 0 Å². The Morgan fingerprint density at radius 3 is 2.37 bits per heavy atom. The lowest BCUT2D eigenvalue weighted by molar-refractivity contribution is 0.491. The number of fused-ring (bicyclic) bond motifs is 1. The molecule has 1 heterocycles. The van der Waals surface area contributed by atoms with E-state index in [2.05, 4.69) is 80.2 Å². The van der Waals surface area contributed by atoms with Gasteiger partial charge < -0.3 is 16.0 Å². The first-order valence-electron chi connectivity index (χ1n) is 10.0. The molecular formula is C24H33N3. The van der Waals surface area contributed by atoms with E-state index in [-0.39, 0.29) is 0 Å². The third kappa shape index (κ3) is 4.54. The standard InChI is InChI=1S/C24H33N3/c1-17(2)24-18(3)26-14-13-22-12-11-20(15-23(22)27(24)4)8-5-19-6-9-21(16-25)10-7-19/h6-7,9-12,15,17,24,26H,3,5,8,13-14,16,25H2,1-2,4H3. The van der Waals surface area contributed by atoms with E-state index in [0.717, 1.165) is 31.5 Å². The molecule has 2 aromatic rings. The number of hydrogen-bond donors (Lipinski definition) is 2. The lowest BCUT2D eigenvalue weighted by atomic mass is 9.94. The van der Waals surface area contributed by atoms with Gasteiger partial charge in [0, 0.05) is 31.5 Å². The molecule has 1 aliphatic heterocycles. The van der Waals surface area contributed by atoms with Crippen molar-refractivity contribution in [2.24, 2.45) is 11.7 Å². The summed E-state index contributed by atoms with van der Waals surface area (Å²) < 4.78 is 0. The van der Waals surface area contributed by atoms with Gasteiger partial charge in [-0.25, -0.2) is 0 Å². The lowest BCUT2D eigenvalue weighted by Gasteiger charge is -2.38. The van der Waals surface area contributed by atoms with E-state index in [9.17, 15) is 0 Å². The van der Waals surface area contributed by atoms with Crippen molar-refractivity contribution >= 4 is 5.69 Å². The molecule has 27 heavy (non-hydrogen) atoms. The van der Waals surface area contributed by atoms with Gasteiger partial charge in [0.2, 0.25) is 0 Å². The van der Waals surface area contributed by atoms with Crippen LogP contribution in [0.25, 0.3) is 0 Å². The highest BCUT2D eigenvalue weighted by atomic mass is 15.2. The number of aryl methyl sites for hydroxylation is 2. The Morgan fingerprint density at radius 1 is 1.07 bits per heavy atom. The summed E-state index contributed by atoms with van der Waals surface area (Å²) >= 11 is 0. The Hall–Kier alpha value is -2.26. The third-order valence-corrected chi connectivity index (χ3v) is 5.64. The molecule has 0 aromatic heterocycles. The van der Waals surface area contributed by atoms with E-state index in [1.807, 2.05) is 0 Å². The van der Waals surface area contributed by atoms with Gasteiger partial charge in [-0.15, -0.1) is 0 Å². The molecule has 0 radical (unpaired) electrons. The van der Waals surface area contributed by atoms with Crippen LogP contribution < -0.4 is 16.0 Å². The van der Waals surface area contributed by atoms with Gasteiger partial charge in [0.1, 0.15) is 0 Å². The van der Waals surface area contributed by atoms with Gasteiger partial charge in [-0.3, -0.25) is 0 Å². The first-order chi connectivity index (χ1) is 13.0. The summed E-state index contributed by atoms with van der Waals surface area (Å²) in [5, 5.41) is 3.51. The molecule has 2 aromatic carbocycles. The van der Waals surface area contributed by atoms with Crippen molar-refractivity contribution in [1.82, 2.24) is 5.32 Å². The van der Waals surface area contributed by atoms with Gasteiger partial charge in [-0.05, 0) is 53.5 Å². The molecule has 1 unspecified atom stereocenters. The topological polar surface area (TPSA) is 41.3 Å². The molecule has 0 saturated heterocycles. The van der Waals surface area contributed by atoms with Crippen molar-refractivity contribution in [3.05, 3.63) is 77.0 Å². The minimum absolute atomic E-state index is 0.308. The highest BCUT2D eigenvalue weighted by molar-refractivity contribution is 5.58. The molecule has 3 nitrogen and oxygen atoms in total.